The van der Waals surface area contributed by atoms with Crippen molar-refractivity contribution in [2.75, 3.05) is 5.73 Å². The molecule has 0 aromatic carbocycles. The van der Waals surface area contributed by atoms with Crippen molar-refractivity contribution < 1.29 is 4.39 Å². The van der Waals surface area contributed by atoms with Crippen LogP contribution in [0.1, 0.15) is 5.69 Å². The van der Waals surface area contributed by atoms with Gasteiger partial charge in [-0.2, -0.15) is 8.91 Å². The second kappa shape index (κ2) is 1.71. The van der Waals surface area contributed by atoms with E-state index in [4.69, 9.17) is 5.73 Å². The van der Waals surface area contributed by atoms with Gasteiger partial charge in [-0.25, -0.2) is 0 Å². The molecule has 0 aliphatic carbocycles. The largest absolute Gasteiger partial charge is 0.394 e. The fourth-order valence-electron chi connectivity index (χ4n) is 0.934. The van der Waals surface area contributed by atoms with Crippen molar-refractivity contribution in [1.82, 2.24) is 19.8 Å². The maximum absolute atomic E-state index is 12.6. The molecule has 0 amide bonds. The Kier molecular flexibility index (Phi) is 0.957. The van der Waals surface area contributed by atoms with E-state index in [1.165, 1.54) is 0 Å². The zero-order valence-electron chi connectivity index (χ0n) is 5.80. The zero-order chi connectivity index (χ0) is 8.01. The molecule has 11 heavy (non-hydrogen) atoms. The molecule has 0 radical (unpaired) electrons. The summed E-state index contributed by atoms with van der Waals surface area (Å²) in [5, 5.41) is 9.38. The number of nitrogens with zero attached hydrogens (tertiary/aromatic N) is 3. The molecule has 2 aromatic rings. The minimum absolute atomic E-state index is 0.333. The number of fused-ring (bicyclic) bond motifs is 1. The van der Waals surface area contributed by atoms with Crippen LogP contribution in [-0.2, 0) is 0 Å². The zero-order valence-corrected chi connectivity index (χ0v) is 5.80. The first-order valence-corrected chi connectivity index (χ1v) is 3.05. The van der Waals surface area contributed by atoms with E-state index in [0.29, 0.717) is 17.0 Å². The highest BCUT2D eigenvalue weighted by atomic mass is 19.1. The number of halogens is 1. The molecule has 2 rings (SSSR count). The first-order chi connectivity index (χ1) is 5.20. The number of nitrogen functional groups attached to an aromatic ring is 1. The fourth-order valence-corrected chi connectivity index (χ4v) is 0.934. The average Bonchev–Trinajstić information content (AvgIpc) is 2.43. The van der Waals surface area contributed by atoms with E-state index in [2.05, 4.69) is 15.3 Å². The van der Waals surface area contributed by atoms with Gasteiger partial charge in [-0.15, -0.1) is 5.10 Å². The average molecular weight is 155 g/mol. The van der Waals surface area contributed by atoms with Gasteiger partial charge in [0.1, 0.15) is 0 Å². The summed E-state index contributed by atoms with van der Waals surface area (Å²) in [6.45, 7) is 1.74. The summed E-state index contributed by atoms with van der Waals surface area (Å²) in [4.78, 5) is 0. The van der Waals surface area contributed by atoms with Gasteiger partial charge in [0, 0.05) is 0 Å². The van der Waals surface area contributed by atoms with Crippen molar-refractivity contribution in [2.45, 2.75) is 6.92 Å². The van der Waals surface area contributed by atoms with Crippen LogP contribution in [0, 0.1) is 13.0 Å². The molecule has 2 heterocycles. The lowest BCUT2D eigenvalue weighted by atomic mass is 10.4. The molecule has 0 spiro atoms. The van der Waals surface area contributed by atoms with Gasteiger partial charge < -0.3 is 5.73 Å². The lowest BCUT2D eigenvalue weighted by Gasteiger charge is -1.82. The SMILES string of the molecule is Cc1[nH]n2c(F)nnc2c1N. The van der Waals surface area contributed by atoms with Gasteiger partial charge in [0.25, 0.3) is 0 Å². The predicted octanol–water partition coefficient (Wildman–Crippen LogP) is 0.0871. The van der Waals surface area contributed by atoms with Gasteiger partial charge in [-0.3, -0.25) is 5.10 Å². The minimum atomic E-state index is -0.681. The van der Waals surface area contributed by atoms with Crippen LogP contribution in [0.4, 0.5) is 10.1 Å². The predicted molar refractivity (Wildman–Crippen MR) is 36.4 cm³/mol. The molecule has 58 valence electrons. The first kappa shape index (κ1) is 6.14. The number of anilines is 1. The summed E-state index contributed by atoms with van der Waals surface area (Å²) in [7, 11) is 0. The Morgan fingerprint density at radius 3 is 2.91 bits per heavy atom. The lowest BCUT2D eigenvalue weighted by molar-refractivity contribution is 0.508. The maximum atomic E-state index is 12.6. The Bertz CT molecular complexity index is 400. The van der Waals surface area contributed by atoms with E-state index in [-0.39, 0.29) is 0 Å². The molecule has 3 N–H and O–H groups in total. The third-order valence-electron chi connectivity index (χ3n) is 1.55. The van der Waals surface area contributed by atoms with E-state index in [1.54, 1.807) is 6.92 Å². The summed E-state index contributed by atoms with van der Waals surface area (Å²) in [6, 6.07) is 0. The molecule has 0 saturated heterocycles. The lowest BCUT2D eigenvalue weighted by Crippen LogP contribution is -1.88. The van der Waals surface area contributed by atoms with E-state index >= 15 is 0 Å². The third-order valence-corrected chi connectivity index (χ3v) is 1.55. The number of aryl methyl sites for hydroxylation is 1. The van der Waals surface area contributed by atoms with Crippen LogP contribution in [0.2, 0.25) is 0 Å². The molecular formula is C5H6FN5. The first-order valence-electron chi connectivity index (χ1n) is 3.05. The highest BCUT2D eigenvalue weighted by molar-refractivity contribution is 5.66. The van der Waals surface area contributed by atoms with Gasteiger partial charge >= 0.3 is 6.08 Å². The van der Waals surface area contributed by atoms with Gasteiger partial charge in [-0.1, -0.05) is 5.10 Å². The number of aromatic amines is 1. The van der Waals surface area contributed by atoms with Crippen molar-refractivity contribution in [3.63, 3.8) is 0 Å². The summed E-state index contributed by atoms with van der Waals surface area (Å²) >= 11 is 0. The van der Waals surface area contributed by atoms with E-state index < -0.39 is 6.08 Å². The van der Waals surface area contributed by atoms with Gasteiger partial charge in [0.15, 0.2) is 0 Å². The van der Waals surface area contributed by atoms with Gasteiger partial charge in [0.05, 0.1) is 11.4 Å². The van der Waals surface area contributed by atoms with Gasteiger partial charge in [-0.05, 0) is 6.92 Å². The fraction of sp³-hybridized carbons (Fsp3) is 0.200. The Balaban J connectivity index is 2.93. The Morgan fingerprint density at radius 1 is 1.55 bits per heavy atom. The highest BCUT2D eigenvalue weighted by Crippen LogP contribution is 2.14. The normalized spacial score (nSPS) is 11.1. The van der Waals surface area contributed by atoms with E-state index in [0.717, 1.165) is 4.52 Å². The Morgan fingerprint density at radius 2 is 2.27 bits per heavy atom. The molecule has 0 bridgehead atoms. The summed E-state index contributed by atoms with van der Waals surface area (Å²) < 4.78 is 13.7. The molecule has 0 fully saturated rings. The van der Waals surface area contributed by atoms with Crippen molar-refractivity contribution in [3.05, 3.63) is 11.8 Å². The smallest absolute Gasteiger partial charge is 0.328 e. The van der Waals surface area contributed by atoms with Crippen molar-refractivity contribution in [3.8, 4) is 0 Å². The second-order valence-corrected chi connectivity index (χ2v) is 2.28. The summed E-state index contributed by atoms with van der Waals surface area (Å²) in [6.07, 6.45) is -0.681. The summed E-state index contributed by atoms with van der Waals surface area (Å²) in [5.74, 6) is 0. The minimum Gasteiger partial charge on any atom is -0.394 e. The van der Waals surface area contributed by atoms with Crippen LogP contribution in [-0.4, -0.2) is 19.8 Å². The van der Waals surface area contributed by atoms with Crippen LogP contribution in [0.25, 0.3) is 5.65 Å². The molecule has 2 aromatic heterocycles. The topological polar surface area (TPSA) is 72.0 Å². The number of nitrogens with two attached hydrogens (primary N) is 1. The number of aromatic nitrogens is 4. The van der Waals surface area contributed by atoms with Crippen molar-refractivity contribution in [2.24, 2.45) is 0 Å². The molecule has 6 heteroatoms. The molecule has 0 unspecified atom stereocenters. The number of hydrogen-bond acceptors (Lipinski definition) is 3. The summed E-state index contributed by atoms with van der Waals surface area (Å²) in [5.41, 5.74) is 6.98. The Hall–Kier alpha value is -1.59. The number of hydrogen-bond donors (Lipinski definition) is 2. The van der Waals surface area contributed by atoms with E-state index in [1.807, 2.05) is 0 Å². The molecule has 0 saturated carbocycles. The van der Waals surface area contributed by atoms with Crippen LogP contribution in [0.5, 0.6) is 0 Å². The van der Waals surface area contributed by atoms with Crippen LogP contribution >= 0.6 is 0 Å². The maximum Gasteiger partial charge on any atom is 0.328 e. The monoisotopic (exact) mass is 155 g/mol. The molecule has 0 aliphatic heterocycles. The second-order valence-electron chi connectivity index (χ2n) is 2.28. The number of nitrogens with one attached hydrogen (secondary N) is 1. The highest BCUT2D eigenvalue weighted by Gasteiger charge is 2.10. The van der Waals surface area contributed by atoms with Crippen LogP contribution < -0.4 is 5.73 Å². The van der Waals surface area contributed by atoms with Crippen LogP contribution in [0.15, 0.2) is 0 Å². The van der Waals surface area contributed by atoms with Gasteiger partial charge in [0.2, 0.25) is 5.65 Å². The quantitative estimate of drug-likeness (QED) is 0.566. The Labute approximate surface area is 61.0 Å². The number of H-pyrrole nitrogens is 1. The van der Waals surface area contributed by atoms with Crippen molar-refractivity contribution in [1.29, 1.82) is 0 Å². The van der Waals surface area contributed by atoms with Crippen molar-refractivity contribution >= 4 is 11.3 Å². The standard InChI is InChI=1S/C5H6FN5/c1-2-3(7)4-8-9-5(6)11(4)10-2/h10H,7H2,1H3. The third kappa shape index (κ3) is 0.631. The molecule has 0 aliphatic rings. The molecule has 5 nitrogen and oxygen atoms in total. The van der Waals surface area contributed by atoms with Crippen LogP contribution in [0.3, 0.4) is 0 Å². The number of rotatable bonds is 0. The molecule has 0 atom stereocenters. The molecular weight excluding hydrogens is 149 g/mol. The van der Waals surface area contributed by atoms with E-state index in [9.17, 15) is 4.39 Å².